The average molecular weight is 344 g/mol. The number of ether oxygens (including phenoxy) is 1. The Labute approximate surface area is 140 Å². The molecule has 1 aliphatic rings. The van der Waals surface area contributed by atoms with Crippen LogP contribution in [-0.2, 0) is 14.8 Å². The summed E-state index contributed by atoms with van der Waals surface area (Å²) in [7, 11) is -3.66. The van der Waals surface area contributed by atoms with Crippen LogP contribution in [0.1, 0.15) is 29.3 Å². The smallest absolute Gasteiger partial charge is 0.338 e. The van der Waals surface area contributed by atoms with Crippen LogP contribution in [-0.4, -0.2) is 26.8 Å². The highest BCUT2D eigenvalue weighted by molar-refractivity contribution is 7.90. The van der Waals surface area contributed by atoms with Crippen LogP contribution in [0.2, 0.25) is 0 Å². The summed E-state index contributed by atoms with van der Waals surface area (Å²) in [5.41, 5.74) is 1.60. The van der Waals surface area contributed by atoms with Crippen molar-refractivity contribution >= 4 is 27.5 Å². The van der Waals surface area contributed by atoms with E-state index in [0.717, 1.165) is 6.42 Å². The van der Waals surface area contributed by atoms with Gasteiger partial charge in [-0.2, -0.15) is 8.42 Å². The van der Waals surface area contributed by atoms with Gasteiger partial charge in [-0.25, -0.2) is 4.79 Å². The Morgan fingerprint density at radius 3 is 2.54 bits per heavy atom. The predicted octanol–water partition coefficient (Wildman–Crippen LogP) is 2.81. The fourth-order valence-corrected chi connectivity index (χ4v) is 3.48. The number of anilines is 1. The molecule has 0 spiro atoms. The lowest BCUT2D eigenvalue weighted by Gasteiger charge is -2.07. The molecule has 6 nitrogen and oxygen atoms in total. The molecule has 1 heterocycles. The van der Waals surface area contributed by atoms with Crippen LogP contribution < -0.4 is 5.32 Å². The summed E-state index contributed by atoms with van der Waals surface area (Å²) in [5, 5.41) is 2.98. The minimum Gasteiger partial charge on any atom is -0.462 e. The second kappa shape index (κ2) is 6.45. The first-order chi connectivity index (χ1) is 11.5. The Hall–Kier alpha value is -2.67. The van der Waals surface area contributed by atoms with Crippen LogP contribution in [0.25, 0.3) is 0 Å². The Balaban J connectivity index is 1.79. The maximum Gasteiger partial charge on any atom is 0.338 e. The van der Waals surface area contributed by atoms with Gasteiger partial charge in [0.15, 0.2) is 5.84 Å². The van der Waals surface area contributed by atoms with Crippen LogP contribution in [0.4, 0.5) is 5.69 Å². The Morgan fingerprint density at radius 1 is 1.12 bits per heavy atom. The van der Waals surface area contributed by atoms with E-state index >= 15 is 0 Å². The molecule has 0 bridgehead atoms. The van der Waals surface area contributed by atoms with Crippen molar-refractivity contribution in [3.63, 3.8) is 0 Å². The van der Waals surface area contributed by atoms with Gasteiger partial charge in [0.1, 0.15) is 4.90 Å². The molecule has 0 amide bonds. The fourth-order valence-electron chi connectivity index (χ4n) is 2.30. The molecule has 0 saturated carbocycles. The van der Waals surface area contributed by atoms with Gasteiger partial charge < -0.3 is 10.1 Å². The monoisotopic (exact) mass is 344 g/mol. The summed E-state index contributed by atoms with van der Waals surface area (Å²) in [6, 6.07) is 13.2. The van der Waals surface area contributed by atoms with Crippen molar-refractivity contribution < 1.29 is 17.9 Å². The zero-order valence-electron chi connectivity index (χ0n) is 13.0. The molecule has 1 aliphatic heterocycles. The molecule has 24 heavy (non-hydrogen) atoms. The maximum absolute atomic E-state index is 12.0. The lowest BCUT2D eigenvalue weighted by molar-refractivity contribution is 0.0505. The lowest BCUT2D eigenvalue weighted by Crippen LogP contribution is -2.11. The van der Waals surface area contributed by atoms with Gasteiger partial charge in [-0.15, -0.1) is 4.40 Å². The SMILES string of the molecule is CCCOC(=O)c1ccc(NC2=NS(=O)(=O)c3ccccc32)cc1. The van der Waals surface area contributed by atoms with E-state index in [1.807, 2.05) is 6.92 Å². The zero-order chi connectivity index (χ0) is 17.2. The first kappa shape index (κ1) is 16.2. The number of benzene rings is 2. The second-order valence-corrected chi connectivity index (χ2v) is 6.82. The number of hydrogen-bond donors (Lipinski definition) is 1. The van der Waals surface area contributed by atoms with Crippen LogP contribution in [0, 0.1) is 0 Å². The minimum atomic E-state index is -3.66. The Kier molecular flexibility index (Phi) is 4.35. The van der Waals surface area contributed by atoms with Gasteiger partial charge in [-0.1, -0.05) is 19.1 Å². The maximum atomic E-state index is 12.0. The predicted molar refractivity (Wildman–Crippen MR) is 90.8 cm³/mol. The van der Waals surface area contributed by atoms with E-state index < -0.39 is 10.0 Å². The number of hydrogen-bond acceptors (Lipinski definition) is 5. The molecule has 2 aromatic rings. The van der Waals surface area contributed by atoms with Crippen molar-refractivity contribution in [1.82, 2.24) is 0 Å². The van der Waals surface area contributed by atoms with Crippen LogP contribution in [0.3, 0.4) is 0 Å². The number of carbonyl (C=O) groups is 1. The van der Waals surface area contributed by atoms with Gasteiger partial charge in [0.2, 0.25) is 0 Å². The van der Waals surface area contributed by atoms with E-state index in [1.165, 1.54) is 6.07 Å². The third-order valence-electron chi connectivity index (χ3n) is 3.45. The van der Waals surface area contributed by atoms with Crippen molar-refractivity contribution in [1.29, 1.82) is 0 Å². The summed E-state index contributed by atoms with van der Waals surface area (Å²) in [6.07, 6.45) is 0.763. The number of esters is 1. The number of amidine groups is 1. The van der Waals surface area contributed by atoms with Crippen LogP contribution >= 0.6 is 0 Å². The summed E-state index contributed by atoms with van der Waals surface area (Å²) in [6.45, 7) is 2.30. The highest BCUT2D eigenvalue weighted by Gasteiger charge is 2.28. The van der Waals surface area contributed by atoms with Crippen molar-refractivity contribution in [3.8, 4) is 0 Å². The quantitative estimate of drug-likeness (QED) is 0.862. The van der Waals surface area contributed by atoms with E-state index in [-0.39, 0.29) is 16.7 Å². The summed E-state index contributed by atoms with van der Waals surface area (Å²) < 4.78 is 32.8. The number of nitrogens with zero attached hydrogens (tertiary/aromatic N) is 1. The average Bonchev–Trinajstić information content (AvgIpc) is 2.84. The molecular formula is C17H16N2O4S. The van der Waals surface area contributed by atoms with Gasteiger partial charge in [0.25, 0.3) is 10.0 Å². The van der Waals surface area contributed by atoms with Crippen molar-refractivity contribution in [2.45, 2.75) is 18.2 Å². The molecule has 0 atom stereocenters. The summed E-state index contributed by atoms with van der Waals surface area (Å²) >= 11 is 0. The topological polar surface area (TPSA) is 84.8 Å². The van der Waals surface area contributed by atoms with Crippen molar-refractivity contribution in [3.05, 3.63) is 59.7 Å². The number of fused-ring (bicyclic) bond motifs is 1. The molecular weight excluding hydrogens is 328 g/mol. The molecule has 0 fully saturated rings. The van der Waals surface area contributed by atoms with Gasteiger partial charge in [0.05, 0.1) is 12.2 Å². The molecule has 0 saturated heterocycles. The van der Waals surface area contributed by atoms with Crippen LogP contribution in [0.15, 0.2) is 57.8 Å². The van der Waals surface area contributed by atoms with Crippen LogP contribution in [0.5, 0.6) is 0 Å². The van der Waals surface area contributed by atoms with Crippen molar-refractivity contribution in [2.24, 2.45) is 4.40 Å². The molecule has 0 radical (unpaired) electrons. The third-order valence-corrected chi connectivity index (χ3v) is 4.79. The van der Waals surface area contributed by atoms with Gasteiger partial charge in [-0.3, -0.25) is 0 Å². The molecule has 7 heteroatoms. The third kappa shape index (κ3) is 3.16. The van der Waals surface area contributed by atoms with Gasteiger partial charge in [0, 0.05) is 11.3 Å². The van der Waals surface area contributed by atoms with Gasteiger partial charge >= 0.3 is 5.97 Å². The highest BCUT2D eigenvalue weighted by atomic mass is 32.2. The zero-order valence-corrected chi connectivity index (χ0v) is 13.8. The fraction of sp³-hybridized carbons (Fsp3) is 0.176. The highest BCUT2D eigenvalue weighted by Crippen LogP contribution is 2.26. The molecule has 0 unspecified atom stereocenters. The molecule has 3 rings (SSSR count). The molecule has 124 valence electrons. The first-order valence-electron chi connectivity index (χ1n) is 7.50. The van der Waals surface area contributed by atoms with Gasteiger partial charge in [-0.05, 0) is 42.8 Å². The Morgan fingerprint density at radius 2 is 1.83 bits per heavy atom. The standard InChI is InChI=1S/C17H16N2O4S/c1-2-11-23-17(20)12-7-9-13(10-8-12)18-16-14-5-3-4-6-15(14)24(21,22)19-16/h3-10H,2,11H2,1H3,(H,18,19). The minimum absolute atomic E-state index is 0.187. The normalized spacial score (nSPS) is 14.6. The molecule has 0 aliphatic carbocycles. The van der Waals surface area contributed by atoms with Crippen molar-refractivity contribution in [2.75, 3.05) is 11.9 Å². The van der Waals surface area contributed by atoms with E-state index in [0.29, 0.717) is 23.4 Å². The van der Waals surface area contributed by atoms with E-state index in [1.54, 1.807) is 42.5 Å². The second-order valence-electron chi connectivity index (χ2n) is 5.25. The van der Waals surface area contributed by atoms with E-state index in [9.17, 15) is 13.2 Å². The Bertz CT molecular complexity index is 902. The summed E-state index contributed by atoms with van der Waals surface area (Å²) in [4.78, 5) is 11.9. The van der Waals surface area contributed by atoms with E-state index in [4.69, 9.17) is 4.74 Å². The molecule has 1 N–H and O–H groups in total. The van der Waals surface area contributed by atoms with E-state index in [2.05, 4.69) is 9.71 Å². The molecule has 2 aromatic carbocycles. The lowest BCUT2D eigenvalue weighted by atomic mass is 10.1. The first-order valence-corrected chi connectivity index (χ1v) is 8.94. The number of carbonyl (C=O) groups excluding carboxylic acids is 1. The number of rotatable bonds is 4. The summed E-state index contributed by atoms with van der Waals surface area (Å²) in [5.74, 6) is -0.110. The largest absolute Gasteiger partial charge is 0.462 e. The number of sulfonamides is 1. The molecule has 0 aromatic heterocycles. The number of nitrogens with one attached hydrogen (secondary N) is 1.